The molecule has 0 aromatic carbocycles. The van der Waals surface area contributed by atoms with Crippen molar-refractivity contribution < 1.29 is 24.7 Å². The Morgan fingerprint density at radius 3 is 2.43 bits per heavy atom. The molecule has 0 N–H and O–H groups in total. The van der Waals surface area contributed by atoms with Gasteiger partial charge in [0.2, 0.25) is 0 Å². The molecule has 0 bridgehead atoms. The van der Waals surface area contributed by atoms with Crippen LogP contribution in [0.5, 0.6) is 0 Å². The molecule has 0 aliphatic heterocycles. The predicted octanol–water partition coefficient (Wildman–Crippen LogP) is 1.95. The minimum atomic E-state index is 0. The summed E-state index contributed by atoms with van der Waals surface area (Å²) < 4.78 is 1.56. The fourth-order valence-electron chi connectivity index (χ4n) is 0.447. The Kier molecular flexibility index (Phi) is 4.26. The van der Waals surface area contributed by atoms with Crippen LogP contribution in [0.25, 0.3) is 0 Å². The van der Waals surface area contributed by atoms with Gasteiger partial charge in [0.25, 0.3) is 0 Å². The molecule has 0 aromatic heterocycles. The van der Waals surface area contributed by atoms with E-state index in [-0.39, 0.29) is 17.0 Å². The fourth-order valence-corrected chi connectivity index (χ4v) is 0.973. The SMILES string of the molecule is Br.[Zr][C]1=CC=CC1. The Balaban J connectivity index is 0.000000360. The molecule has 0 saturated carbocycles. The second kappa shape index (κ2) is 3.80. The van der Waals surface area contributed by atoms with E-state index in [4.69, 9.17) is 0 Å². The number of hydrogen-bond donors (Lipinski definition) is 0. The molecule has 1 rings (SSSR count). The van der Waals surface area contributed by atoms with Gasteiger partial charge >= 0.3 is 52.6 Å². The molecule has 1 aliphatic carbocycles. The number of rotatable bonds is 0. The zero-order chi connectivity index (χ0) is 4.41. The van der Waals surface area contributed by atoms with Crippen molar-refractivity contribution >= 4 is 17.0 Å². The van der Waals surface area contributed by atoms with E-state index >= 15 is 0 Å². The molecule has 0 amide bonds. The number of allylic oxidation sites excluding steroid dienone is 4. The van der Waals surface area contributed by atoms with Gasteiger partial charge in [0.05, 0.1) is 0 Å². The van der Waals surface area contributed by atoms with Gasteiger partial charge in [-0.25, -0.2) is 0 Å². The van der Waals surface area contributed by atoms with Crippen molar-refractivity contribution in [2.45, 2.75) is 6.42 Å². The van der Waals surface area contributed by atoms with E-state index in [0.29, 0.717) is 0 Å². The van der Waals surface area contributed by atoms with Gasteiger partial charge in [0.1, 0.15) is 0 Å². The molecule has 0 nitrogen and oxygen atoms in total. The van der Waals surface area contributed by atoms with E-state index in [1.165, 1.54) is 6.42 Å². The molecule has 0 unspecified atom stereocenters. The Morgan fingerprint density at radius 2 is 2.29 bits per heavy atom. The first-order valence-electron chi connectivity index (χ1n) is 1.97. The summed E-state index contributed by atoms with van der Waals surface area (Å²) in [5, 5.41) is 0. The Morgan fingerprint density at radius 1 is 1.57 bits per heavy atom. The van der Waals surface area contributed by atoms with Crippen LogP contribution in [0.15, 0.2) is 21.5 Å². The van der Waals surface area contributed by atoms with Crippen molar-refractivity contribution in [3.8, 4) is 0 Å². The maximum absolute atomic E-state index is 2.18. The first kappa shape index (κ1) is 7.84. The summed E-state index contributed by atoms with van der Waals surface area (Å²) in [7, 11) is 0. The topological polar surface area (TPSA) is 0 Å². The van der Waals surface area contributed by atoms with Crippen LogP contribution < -0.4 is 0 Å². The van der Waals surface area contributed by atoms with Crippen molar-refractivity contribution in [1.82, 2.24) is 0 Å². The standard InChI is InChI=1S/C5H5.BrH.Zr/c1-2-4-5-3-1;;/h1-3H,4H2;1H;. The Hall–Kier alpha value is 0.843. The van der Waals surface area contributed by atoms with Crippen LogP contribution >= 0.6 is 17.0 Å². The molecule has 0 aromatic rings. The predicted molar refractivity (Wildman–Crippen MR) is 32.2 cm³/mol. The molecular formula is C5H6BrZr. The zero-order valence-corrected chi connectivity index (χ0v) is 8.02. The van der Waals surface area contributed by atoms with Gasteiger partial charge in [-0.05, 0) is 0 Å². The second-order valence-electron chi connectivity index (χ2n) is 1.32. The number of halogens is 1. The van der Waals surface area contributed by atoms with Crippen LogP contribution in [0.3, 0.4) is 0 Å². The van der Waals surface area contributed by atoms with Crippen LogP contribution in [-0.4, -0.2) is 0 Å². The first-order valence-corrected chi connectivity index (χ1v) is 3.20. The van der Waals surface area contributed by atoms with Crippen LogP contribution in [-0.2, 0) is 24.7 Å². The maximum atomic E-state index is 2.18. The number of hydrogen-bond acceptors (Lipinski definition) is 0. The van der Waals surface area contributed by atoms with Crippen LogP contribution in [0.4, 0.5) is 0 Å². The molecule has 7 heavy (non-hydrogen) atoms. The third-order valence-corrected chi connectivity index (χ3v) is 1.68. The van der Waals surface area contributed by atoms with Gasteiger partial charge in [0.15, 0.2) is 0 Å². The van der Waals surface area contributed by atoms with Crippen LogP contribution in [0, 0.1) is 0 Å². The summed E-state index contributed by atoms with van der Waals surface area (Å²) in [6.45, 7) is 0. The van der Waals surface area contributed by atoms with E-state index in [1.807, 2.05) is 0 Å². The Bertz CT molecular complexity index is 105. The molecule has 2 heteroatoms. The van der Waals surface area contributed by atoms with E-state index < -0.39 is 0 Å². The third kappa shape index (κ3) is 2.61. The van der Waals surface area contributed by atoms with Gasteiger partial charge in [-0.2, -0.15) is 0 Å². The average Bonchev–Trinajstić information content (AvgIpc) is 1.86. The van der Waals surface area contributed by atoms with Crippen LogP contribution in [0.2, 0.25) is 0 Å². The summed E-state index contributed by atoms with van der Waals surface area (Å²) in [5.41, 5.74) is 0. The Labute approximate surface area is 69.3 Å². The molecule has 1 aliphatic rings. The quantitative estimate of drug-likeness (QED) is 0.604. The molecular weight excluding hydrogens is 231 g/mol. The minimum absolute atomic E-state index is 0. The van der Waals surface area contributed by atoms with Crippen molar-refractivity contribution in [1.29, 1.82) is 0 Å². The summed E-state index contributed by atoms with van der Waals surface area (Å²) in [6.07, 6.45) is 7.69. The van der Waals surface area contributed by atoms with Gasteiger partial charge in [-0.1, -0.05) is 0 Å². The zero-order valence-electron chi connectivity index (χ0n) is 3.85. The first-order chi connectivity index (χ1) is 2.89. The normalized spacial score (nSPS) is 15.6. The molecule has 37 valence electrons. The van der Waals surface area contributed by atoms with Gasteiger partial charge in [0, 0.05) is 0 Å². The van der Waals surface area contributed by atoms with Crippen molar-refractivity contribution in [2.24, 2.45) is 0 Å². The monoisotopic (exact) mass is 235 g/mol. The second-order valence-corrected chi connectivity index (χ2v) is 2.90. The molecule has 0 radical (unpaired) electrons. The molecule has 0 saturated heterocycles. The summed E-state index contributed by atoms with van der Waals surface area (Å²) in [6, 6.07) is 0. The van der Waals surface area contributed by atoms with E-state index in [2.05, 4.69) is 18.2 Å². The van der Waals surface area contributed by atoms with Crippen LogP contribution in [0.1, 0.15) is 6.42 Å². The average molecular weight is 237 g/mol. The third-order valence-electron chi connectivity index (χ3n) is 0.771. The summed E-state index contributed by atoms with van der Waals surface area (Å²) in [4.78, 5) is 0. The van der Waals surface area contributed by atoms with E-state index in [9.17, 15) is 0 Å². The summed E-state index contributed by atoms with van der Waals surface area (Å²) in [5.74, 6) is 0. The van der Waals surface area contributed by atoms with Gasteiger partial charge in [-0.3, -0.25) is 0 Å². The van der Waals surface area contributed by atoms with E-state index in [0.717, 1.165) is 0 Å². The van der Waals surface area contributed by atoms with Crippen molar-refractivity contribution in [3.63, 3.8) is 0 Å². The summed E-state index contributed by atoms with van der Waals surface area (Å²) >= 11 is 1.56. The molecule has 0 fully saturated rings. The molecule has 0 atom stereocenters. The molecule has 0 heterocycles. The van der Waals surface area contributed by atoms with Gasteiger partial charge < -0.3 is 0 Å². The fraction of sp³-hybridized carbons (Fsp3) is 0.200. The van der Waals surface area contributed by atoms with Crippen molar-refractivity contribution in [3.05, 3.63) is 21.5 Å². The van der Waals surface area contributed by atoms with Crippen molar-refractivity contribution in [2.75, 3.05) is 0 Å². The molecule has 0 spiro atoms. The van der Waals surface area contributed by atoms with Gasteiger partial charge in [-0.15, -0.1) is 17.0 Å². The van der Waals surface area contributed by atoms with E-state index in [1.54, 1.807) is 28.0 Å².